The minimum absolute atomic E-state index is 0. The van der Waals surface area contributed by atoms with Crippen LogP contribution in [0.15, 0.2) is 196 Å². The van der Waals surface area contributed by atoms with Crippen LogP contribution in [0, 0.1) is 39.0 Å². The van der Waals surface area contributed by atoms with Gasteiger partial charge in [0, 0.05) is 18.6 Å². The third kappa shape index (κ3) is 9.37. The Labute approximate surface area is 431 Å². The first kappa shape index (κ1) is 46.2. The molecule has 3 aromatic heterocycles. The van der Waals surface area contributed by atoms with Crippen LogP contribution in [0.2, 0.25) is 0 Å². The monoisotopic (exact) mass is 1230 g/mol. The second kappa shape index (κ2) is 20.1. The number of hydrogen-bond donors (Lipinski definition) is 0. The second-order valence-corrected chi connectivity index (χ2v) is 18.9. The van der Waals surface area contributed by atoms with Crippen LogP contribution in [0.5, 0.6) is 0 Å². The summed E-state index contributed by atoms with van der Waals surface area (Å²) in [7, 11) is 0. The molecule has 3 nitrogen and oxygen atoms in total. The van der Waals surface area contributed by atoms with E-state index in [9.17, 15) is 0 Å². The van der Waals surface area contributed by atoms with Gasteiger partial charge in [-0.25, -0.2) is 0 Å². The molecule has 0 atom stereocenters. The molecule has 0 saturated carbocycles. The number of pyridine rings is 3. The normalized spacial score (nSPS) is 11.0. The van der Waals surface area contributed by atoms with Gasteiger partial charge in [-0.15, -0.1) is 89.5 Å². The topological polar surface area (TPSA) is 38.7 Å². The second-order valence-electron chi connectivity index (χ2n) is 16.2. The fourth-order valence-corrected chi connectivity index (χ4v) is 10.3. The summed E-state index contributed by atoms with van der Waals surface area (Å²) >= 11 is 10.8. The van der Waals surface area contributed by atoms with Crippen molar-refractivity contribution in [2.24, 2.45) is 0 Å². The third-order valence-electron chi connectivity index (χ3n) is 12.2. The molecule has 0 aliphatic heterocycles. The first-order chi connectivity index (χ1) is 32.2. The van der Waals surface area contributed by atoms with Crippen LogP contribution in [0.25, 0.3) is 101 Å². The van der Waals surface area contributed by atoms with Crippen molar-refractivity contribution in [1.82, 2.24) is 15.0 Å². The fourth-order valence-electron chi connectivity index (χ4n) is 9.19. The summed E-state index contributed by atoms with van der Waals surface area (Å²) in [6.07, 6.45) is 5.96. The van der Waals surface area contributed by atoms with Gasteiger partial charge < -0.3 is 15.0 Å². The van der Waals surface area contributed by atoms with Crippen molar-refractivity contribution in [2.75, 3.05) is 0 Å². The minimum Gasteiger partial charge on any atom is -0.304 e. The molecule has 0 aliphatic carbocycles. The predicted molar refractivity (Wildman–Crippen MR) is 283 cm³/mol. The molecule has 0 amide bonds. The van der Waals surface area contributed by atoms with E-state index in [-0.39, 0.29) is 20.1 Å². The van der Waals surface area contributed by atoms with Crippen molar-refractivity contribution in [3.05, 3.63) is 231 Å². The Hall–Kier alpha value is -5.92. The van der Waals surface area contributed by atoms with E-state index in [0.717, 1.165) is 97.3 Å². The zero-order valence-corrected chi connectivity index (χ0v) is 43.8. The van der Waals surface area contributed by atoms with Gasteiger partial charge in [-0.05, 0) is 121 Å². The van der Waals surface area contributed by atoms with Crippen molar-refractivity contribution >= 4 is 47.8 Å². The Balaban J connectivity index is 0.00000562. The van der Waals surface area contributed by atoms with E-state index in [4.69, 9.17) is 15.0 Å². The number of rotatable bonds is 9. The van der Waals surface area contributed by atoms with Crippen LogP contribution in [-0.2, 0) is 20.1 Å². The van der Waals surface area contributed by atoms with E-state index in [1.54, 1.807) is 0 Å². The molecule has 324 valence electrons. The molecule has 0 radical (unpaired) electrons. The van der Waals surface area contributed by atoms with Crippen LogP contribution in [-0.4, -0.2) is 15.0 Å². The van der Waals surface area contributed by atoms with Crippen molar-refractivity contribution in [2.45, 2.75) is 20.8 Å². The SMILES string of the molecule is Cc1c(-c2ccccc2-c2ccc(-c3[c-]ccc(Br)c3)nc2)c(C)c(-c2ccccc2-c2ccc(-c3[c-]ccc(Br)c3)nc2)c(C)c1-c1ccccc1-c1ccc(-c2[c-]ccc(Br)c2)nc1.[Ir+3]. The summed E-state index contributed by atoms with van der Waals surface area (Å²) < 4.78 is 2.98. The standard InChI is InChI=1S/C60H39Br3N3.Ir/c1-37-58(52-22-7-4-19-49(52)43-25-28-55(64-34-43)40-13-10-16-46(61)31-40)38(2)60(54-24-9-6-21-51(54)45-27-30-57(66-36-45)42-15-12-18-48(63)33-42)39(3)59(37)53-23-8-5-20-50(53)44-26-29-56(65-35-44)41-14-11-17-47(62)32-41;/h4-12,16-36H,1-3H3;/q-3;+3. The van der Waals surface area contributed by atoms with Gasteiger partial charge in [0.05, 0.1) is 0 Å². The van der Waals surface area contributed by atoms with Gasteiger partial charge >= 0.3 is 20.1 Å². The summed E-state index contributed by atoms with van der Waals surface area (Å²) in [4.78, 5) is 14.9. The van der Waals surface area contributed by atoms with E-state index in [1.165, 1.54) is 33.4 Å². The van der Waals surface area contributed by atoms with Crippen LogP contribution < -0.4 is 0 Å². The summed E-state index contributed by atoms with van der Waals surface area (Å²) in [5.41, 5.74) is 22.4. The smallest absolute Gasteiger partial charge is 0.304 e. The quantitative estimate of drug-likeness (QED) is 0.135. The van der Waals surface area contributed by atoms with Gasteiger partial charge in [-0.1, -0.05) is 170 Å². The summed E-state index contributed by atoms with van der Waals surface area (Å²) in [5, 5.41) is 0. The molecular weight excluding hydrogens is 1190 g/mol. The van der Waals surface area contributed by atoms with E-state index in [0.29, 0.717) is 0 Å². The molecule has 0 fully saturated rings. The Bertz CT molecular complexity index is 3040. The van der Waals surface area contributed by atoms with Gasteiger partial charge in [0.25, 0.3) is 0 Å². The van der Waals surface area contributed by atoms with Gasteiger partial charge in [0.2, 0.25) is 0 Å². The molecular formula is C60H39Br3IrN3. The van der Waals surface area contributed by atoms with E-state index in [1.807, 2.05) is 73.2 Å². The molecule has 0 aliphatic rings. The van der Waals surface area contributed by atoms with Crippen molar-refractivity contribution < 1.29 is 20.1 Å². The van der Waals surface area contributed by atoms with Crippen LogP contribution >= 0.6 is 47.8 Å². The van der Waals surface area contributed by atoms with Gasteiger partial charge in [0.15, 0.2) is 0 Å². The van der Waals surface area contributed by atoms with Gasteiger partial charge in [-0.3, -0.25) is 0 Å². The Morgan fingerprint density at radius 1 is 0.343 bits per heavy atom. The molecule has 67 heavy (non-hydrogen) atoms. The number of benzene rings is 7. The molecule has 10 aromatic rings. The maximum Gasteiger partial charge on any atom is 3.00 e. The van der Waals surface area contributed by atoms with Gasteiger partial charge in [0.1, 0.15) is 0 Å². The largest absolute Gasteiger partial charge is 3.00 e. The van der Waals surface area contributed by atoms with E-state index in [2.05, 4.69) is 196 Å². The van der Waals surface area contributed by atoms with Crippen molar-refractivity contribution in [1.29, 1.82) is 0 Å². The summed E-state index contributed by atoms with van der Waals surface area (Å²) in [5.74, 6) is 0. The third-order valence-corrected chi connectivity index (χ3v) is 13.7. The zero-order chi connectivity index (χ0) is 45.3. The molecule has 7 aromatic carbocycles. The van der Waals surface area contributed by atoms with E-state index >= 15 is 0 Å². The van der Waals surface area contributed by atoms with Crippen LogP contribution in [0.3, 0.4) is 0 Å². The fraction of sp³-hybridized carbons (Fsp3) is 0.0500. The Morgan fingerprint density at radius 3 is 0.851 bits per heavy atom. The number of hydrogen-bond acceptors (Lipinski definition) is 3. The van der Waals surface area contributed by atoms with Gasteiger partial charge in [-0.2, -0.15) is 0 Å². The number of aromatic nitrogens is 3. The first-order valence-electron chi connectivity index (χ1n) is 21.6. The van der Waals surface area contributed by atoms with Crippen LogP contribution in [0.1, 0.15) is 16.7 Å². The molecule has 0 unspecified atom stereocenters. The maximum absolute atomic E-state index is 4.97. The predicted octanol–water partition coefficient (Wildman–Crippen LogP) is 17.5. The molecule has 0 spiro atoms. The molecule has 0 saturated heterocycles. The maximum atomic E-state index is 4.97. The number of nitrogens with zero attached hydrogens (tertiary/aromatic N) is 3. The van der Waals surface area contributed by atoms with Crippen molar-refractivity contribution in [3.8, 4) is 101 Å². The molecule has 3 heterocycles. The summed E-state index contributed by atoms with van der Waals surface area (Å²) in [6, 6.07) is 66.8. The summed E-state index contributed by atoms with van der Waals surface area (Å²) in [6.45, 7) is 6.85. The minimum atomic E-state index is 0. The number of halogens is 3. The molecule has 0 bridgehead atoms. The Morgan fingerprint density at radius 2 is 0.612 bits per heavy atom. The average molecular weight is 1230 g/mol. The molecule has 0 N–H and O–H groups in total. The average Bonchev–Trinajstić information content (AvgIpc) is 3.35. The molecule has 7 heteroatoms. The van der Waals surface area contributed by atoms with Crippen molar-refractivity contribution in [3.63, 3.8) is 0 Å². The van der Waals surface area contributed by atoms with Crippen LogP contribution in [0.4, 0.5) is 0 Å². The van der Waals surface area contributed by atoms with E-state index < -0.39 is 0 Å². The first-order valence-corrected chi connectivity index (χ1v) is 23.9. The zero-order valence-electron chi connectivity index (χ0n) is 36.6. The molecule has 10 rings (SSSR count). The Kier molecular flexibility index (Phi) is 13.9.